The maximum Gasteiger partial charge on any atom is 0.0195 e. The van der Waals surface area contributed by atoms with E-state index in [9.17, 15) is 0 Å². The predicted octanol–water partition coefficient (Wildman–Crippen LogP) is 2.73. The third-order valence-electron chi connectivity index (χ3n) is 3.19. The number of hydrogen-bond acceptors (Lipinski definition) is 1. The van der Waals surface area contributed by atoms with Crippen molar-refractivity contribution in [2.45, 2.75) is 45.1 Å². The number of benzene rings is 1. The Morgan fingerprint density at radius 1 is 1.14 bits per heavy atom. The van der Waals surface area contributed by atoms with Gasteiger partial charge < -0.3 is 5.73 Å². The number of aryl methyl sites for hydroxylation is 2. The summed E-state index contributed by atoms with van der Waals surface area (Å²) in [6.45, 7) is 4.31. The molecule has 1 saturated carbocycles. The molecule has 0 saturated heterocycles. The van der Waals surface area contributed by atoms with E-state index in [2.05, 4.69) is 32.0 Å². The highest BCUT2D eigenvalue weighted by atomic mass is 14.8. The van der Waals surface area contributed by atoms with Gasteiger partial charge in [0, 0.05) is 5.54 Å². The summed E-state index contributed by atoms with van der Waals surface area (Å²) >= 11 is 0. The van der Waals surface area contributed by atoms with Crippen LogP contribution in [0.2, 0.25) is 0 Å². The molecule has 0 spiro atoms. The van der Waals surface area contributed by atoms with Crippen LogP contribution in [0.4, 0.5) is 0 Å². The molecular weight excluding hydrogens is 170 g/mol. The fourth-order valence-corrected chi connectivity index (χ4v) is 2.39. The Morgan fingerprint density at radius 3 is 2.14 bits per heavy atom. The zero-order valence-corrected chi connectivity index (χ0v) is 9.14. The first kappa shape index (κ1) is 9.72. The highest BCUT2D eigenvalue weighted by Crippen LogP contribution is 2.32. The summed E-state index contributed by atoms with van der Waals surface area (Å²) in [7, 11) is 0. The van der Waals surface area contributed by atoms with E-state index >= 15 is 0 Å². The molecule has 1 aliphatic rings. The summed E-state index contributed by atoms with van der Waals surface area (Å²) in [5, 5.41) is 0. The van der Waals surface area contributed by atoms with Crippen LogP contribution in [0.5, 0.6) is 0 Å². The molecule has 1 heteroatoms. The Labute approximate surface area is 86.3 Å². The normalized spacial score (nSPS) is 19.1. The van der Waals surface area contributed by atoms with Gasteiger partial charge in [0.15, 0.2) is 0 Å². The smallest absolute Gasteiger partial charge is 0.0195 e. The van der Waals surface area contributed by atoms with E-state index in [0.717, 1.165) is 6.42 Å². The molecule has 0 aromatic heterocycles. The van der Waals surface area contributed by atoms with Crippen molar-refractivity contribution in [3.8, 4) is 0 Å². The Kier molecular flexibility index (Phi) is 2.36. The van der Waals surface area contributed by atoms with Crippen LogP contribution < -0.4 is 5.73 Å². The molecule has 0 heterocycles. The topological polar surface area (TPSA) is 26.0 Å². The van der Waals surface area contributed by atoms with Gasteiger partial charge in [-0.2, -0.15) is 0 Å². The van der Waals surface area contributed by atoms with Crippen LogP contribution >= 0.6 is 0 Å². The molecule has 1 aromatic rings. The molecule has 1 nitrogen and oxygen atoms in total. The van der Waals surface area contributed by atoms with Gasteiger partial charge in [0.25, 0.3) is 0 Å². The van der Waals surface area contributed by atoms with Gasteiger partial charge in [-0.25, -0.2) is 0 Å². The van der Waals surface area contributed by atoms with Crippen molar-refractivity contribution < 1.29 is 0 Å². The fourth-order valence-electron chi connectivity index (χ4n) is 2.39. The van der Waals surface area contributed by atoms with Crippen LogP contribution in [-0.4, -0.2) is 5.54 Å². The lowest BCUT2D eigenvalue weighted by Crippen LogP contribution is -2.48. The highest BCUT2D eigenvalue weighted by Gasteiger charge is 2.32. The molecule has 14 heavy (non-hydrogen) atoms. The first-order valence-electron chi connectivity index (χ1n) is 5.43. The third-order valence-corrected chi connectivity index (χ3v) is 3.19. The van der Waals surface area contributed by atoms with Crippen LogP contribution in [0.3, 0.4) is 0 Å². The molecule has 2 rings (SSSR count). The van der Waals surface area contributed by atoms with Crippen molar-refractivity contribution in [3.05, 3.63) is 34.9 Å². The molecular formula is C13H19N. The van der Waals surface area contributed by atoms with Gasteiger partial charge in [0.05, 0.1) is 0 Å². The minimum absolute atomic E-state index is 0.111. The van der Waals surface area contributed by atoms with Crippen LogP contribution in [-0.2, 0) is 6.42 Å². The summed E-state index contributed by atoms with van der Waals surface area (Å²) in [6.07, 6.45) is 4.75. The number of rotatable bonds is 2. The SMILES string of the molecule is Cc1cc(C)cc(CC2(N)CCC2)c1. The molecule has 0 atom stereocenters. The quantitative estimate of drug-likeness (QED) is 0.760. The van der Waals surface area contributed by atoms with Crippen molar-refractivity contribution in [1.82, 2.24) is 0 Å². The number of nitrogens with two attached hydrogens (primary N) is 1. The van der Waals surface area contributed by atoms with Gasteiger partial charge in [-0.15, -0.1) is 0 Å². The van der Waals surface area contributed by atoms with Crippen molar-refractivity contribution >= 4 is 0 Å². The molecule has 0 unspecified atom stereocenters. The Morgan fingerprint density at radius 2 is 1.71 bits per heavy atom. The van der Waals surface area contributed by atoms with Crippen LogP contribution in [0.1, 0.15) is 36.0 Å². The standard InChI is InChI=1S/C13H19N/c1-10-6-11(2)8-12(7-10)9-13(14)4-3-5-13/h6-8H,3-5,9,14H2,1-2H3. The lowest BCUT2D eigenvalue weighted by atomic mass is 9.73. The molecule has 0 aliphatic heterocycles. The first-order valence-corrected chi connectivity index (χ1v) is 5.43. The van der Waals surface area contributed by atoms with Crippen molar-refractivity contribution in [2.24, 2.45) is 5.73 Å². The summed E-state index contributed by atoms with van der Waals surface area (Å²) in [6, 6.07) is 6.74. The minimum Gasteiger partial charge on any atom is -0.325 e. The molecule has 1 aliphatic carbocycles. The Hall–Kier alpha value is -0.820. The van der Waals surface area contributed by atoms with Gasteiger partial charge in [-0.3, -0.25) is 0 Å². The zero-order valence-electron chi connectivity index (χ0n) is 9.14. The van der Waals surface area contributed by atoms with Crippen molar-refractivity contribution in [3.63, 3.8) is 0 Å². The third kappa shape index (κ3) is 1.98. The van der Waals surface area contributed by atoms with Crippen LogP contribution in [0.25, 0.3) is 0 Å². The van der Waals surface area contributed by atoms with Gasteiger partial charge in [0.1, 0.15) is 0 Å². The Balaban J connectivity index is 2.16. The molecule has 2 N–H and O–H groups in total. The Bertz CT molecular complexity index is 317. The molecule has 1 fully saturated rings. The van der Waals surface area contributed by atoms with E-state index in [1.165, 1.54) is 36.0 Å². The zero-order chi connectivity index (χ0) is 10.2. The van der Waals surface area contributed by atoms with Crippen molar-refractivity contribution in [1.29, 1.82) is 0 Å². The lowest BCUT2D eigenvalue weighted by Gasteiger charge is -2.38. The highest BCUT2D eigenvalue weighted by molar-refractivity contribution is 5.30. The van der Waals surface area contributed by atoms with E-state index in [1.54, 1.807) is 0 Å². The molecule has 0 amide bonds. The average Bonchev–Trinajstić information content (AvgIpc) is 1.99. The second-order valence-corrected chi connectivity index (χ2v) is 4.89. The maximum atomic E-state index is 6.23. The van der Waals surface area contributed by atoms with E-state index in [0.29, 0.717) is 0 Å². The van der Waals surface area contributed by atoms with Gasteiger partial charge in [0.2, 0.25) is 0 Å². The largest absolute Gasteiger partial charge is 0.325 e. The summed E-state index contributed by atoms with van der Waals surface area (Å²) < 4.78 is 0. The predicted molar refractivity (Wildman–Crippen MR) is 60.4 cm³/mol. The molecule has 76 valence electrons. The minimum atomic E-state index is 0.111. The average molecular weight is 189 g/mol. The van der Waals surface area contributed by atoms with E-state index in [1.807, 2.05) is 0 Å². The van der Waals surface area contributed by atoms with Gasteiger partial charge in [-0.05, 0) is 45.1 Å². The molecule has 0 radical (unpaired) electrons. The van der Waals surface area contributed by atoms with E-state index in [4.69, 9.17) is 5.73 Å². The van der Waals surface area contributed by atoms with E-state index < -0.39 is 0 Å². The van der Waals surface area contributed by atoms with Crippen LogP contribution in [0, 0.1) is 13.8 Å². The summed E-state index contributed by atoms with van der Waals surface area (Å²) in [5.74, 6) is 0. The molecule has 1 aromatic carbocycles. The fraction of sp³-hybridized carbons (Fsp3) is 0.538. The summed E-state index contributed by atoms with van der Waals surface area (Å²) in [4.78, 5) is 0. The van der Waals surface area contributed by atoms with E-state index in [-0.39, 0.29) is 5.54 Å². The lowest BCUT2D eigenvalue weighted by molar-refractivity contribution is 0.247. The first-order chi connectivity index (χ1) is 6.57. The van der Waals surface area contributed by atoms with Crippen molar-refractivity contribution in [2.75, 3.05) is 0 Å². The molecule has 0 bridgehead atoms. The second-order valence-electron chi connectivity index (χ2n) is 4.89. The summed E-state index contributed by atoms with van der Waals surface area (Å²) in [5.41, 5.74) is 10.5. The number of hydrogen-bond donors (Lipinski definition) is 1. The van der Waals surface area contributed by atoms with Crippen LogP contribution in [0.15, 0.2) is 18.2 Å². The van der Waals surface area contributed by atoms with Gasteiger partial charge in [-0.1, -0.05) is 29.3 Å². The monoisotopic (exact) mass is 189 g/mol. The second kappa shape index (κ2) is 3.39. The maximum absolute atomic E-state index is 6.23. The van der Waals surface area contributed by atoms with Gasteiger partial charge >= 0.3 is 0 Å².